The van der Waals surface area contributed by atoms with Gasteiger partial charge in [0.25, 0.3) is 0 Å². The highest BCUT2D eigenvalue weighted by atomic mass is 79.9. The van der Waals surface area contributed by atoms with Crippen molar-refractivity contribution >= 4 is 15.9 Å². The third kappa shape index (κ3) is 2.83. The standard InChI is InChI=1S/C13H17BrFN/c1-9(11-3-2-4-11)16-8-10-5-6-13(15)12(14)7-10/h5-7,9,11,16H,2-4,8H2,1H3. The lowest BCUT2D eigenvalue weighted by atomic mass is 9.80. The number of rotatable bonds is 4. The van der Waals surface area contributed by atoms with E-state index >= 15 is 0 Å². The Labute approximate surface area is 105 Å². The zero-order chi connectivity index (χ0) is 11.5. The van der Waals surface area contributed by atoms with Crippen molar-refractivity contribution in [2.75, 3.05) is 0 Å². The summed E-state index contributed by atoms with van der Waals surface area (Å²) in [7, 11) is 0. The average molecular weight is 286 g/mol. The summed E-state index contributed by atoms with van der Waals surface area (Å²) in [6.07, 6.45) is 4.07. The minimum absolute atomic E-state index is 0.198. The first-order valence-electron chi connectivity index (χ1n) is 5.84. The summed E-state index contributed by atoms with van der Waals surface area (Å²) in [6.45, 7) is 3.05. The molecule has 16 heavy (non-hydrogen) atoms. The van der Waals surface area contributed by atoms with E-state index in [9.17, 15) is 4.39 Å². The Morgan fingerprint density at radius 3 is 2.81 bits per heavy atom. The molecular weight excluding hydrogens is 269 g/mol. The maximum atomic E-state index is 13.0. The van der Waals surface area contributed by atoms with Gasteiger partial charge in [0.2, 0.25) is 0 Å². The van der Waals surface area contributed by atoms with E-state index in [-0.39, 0.29) is 5.82 Å². The van der Waals surface area contributed by atoms with Gasteiger partial charge >= 0.3 is 0 Å². The van der Waals surface area contributed by atoms with Crippen LogP contribution >= 0.6 is 15.9 Å². The van der Waals surface area contributed by atoms with Gasteiger partial charge in [-0.15, -0.1) is 0 Å². The normalized spacial score (nSPS) is 18.2. The molecule has 1 aromatic rings. The predicted octanol–water partition coefficient (Wildman–Crippen LogP) is 3.87. The van der Waals surface area contributed by atoms with Crippen LogP contribution in [0.15, 0.2) is 22.7 Å². The number of nitrogens with one attached hydrogen (secondary N) is 1. The summed E-state index contributed by atoms with van der Waals surface area (Å²) in [6, 6.07) is 5.75. The molecule has 0 radical (unpaired) electrons. The summed E-state index contributed by atoms with van der Waals surface area (Å²) < 4.78 is 13.6. The van der Waals surface area contributed by atoms with Crippen LogP contribution in [0.2, 0.25) is 0 Å². The van der Waals surface area contributed by atoms with E-state index in [1.165, 1.54) is 25.3 Å². The van der Waals surface area contributed by atoms with Crippen LogP contribution < -0.4 is 5.32 Å². The highest BCUT2D eigenvalue weighted by Gasteiger charge is 2.23. The minimum atomic E-state index is -0.198. The molecule has 1 aliphatic rings. The summed E-state index contributed by atoms with van der Waals surface area (Å²) in [4.78, 5) is 0. The van der Waals surface area contributed by atoms with Crippen molar-refractivity contribution in [2.45, 2.75) is 38.8 Å². The molecule has 1 nitrogen and oxygen atoms in total. The van der Waals surface area contributed by atoms with Crippen LogP contribution in [0.25, 0.3) is 0 Å². The molecule has 0 heterocycles. The molecule has 0 spiro atoms. The zero-order valence-corrected chi connectivity index (χ0v) is 11.1. The van der Waals surface area contributed by atoms with Crippen molar-refractivity contribution in [2.24, 2.45) is 5.92 Å². The summed E-state index contributed by atoms with van der Waals surface area (Å²) in [5, 5.41) is 3.50. The molecular formula is C13H17BrFN. The highest BCUT2D eigenvalue weighted by Crippen LogP contribution is 2.29. The highest BCUT2D eigenvalue weighted by molar-refractivity contribution is 9.10. The summed E-state index contributed by atoms with van der Waals surface area (Å²) in [5.74, 6) is 0.639. The SMILES string of the molecule is CC(NCc1ccc(F)c(Br)c1)C1CCC1. The van der Waals surface area contributed by atoms with Crippen molar-refractivity contribution in [3.05, 3.63) is 34.1 Å². The molecule has 0 aromatic heterocycles. The molecule has 1 fully saturated rings. The predicted molar refractivity (Wildman–Crippen MR) is 67.7 cm³/mol. The molecule has 1 aliphatic carbocycles. The molecule has 3 heteroatoms. The summed E-state index contributed by atoms with van der Waals surface area (Å²) >= 11 is 3.20. The summed E-state index contributed by atoms with van der Waals surface area (Å²) in [5.41, 5.74) is 1.12. The fraction of sp³-hybridized carbons (Fsp3) is 0.538. The van der Waals surface area contributed by atoms with E-state index in [1.807, 2.05) is 12.1 Å². The van der Waals surface area contributed by atoms with E-state index < -0.39 is 0 Å². The lowest BCUT2D eigenvalue weighted by Crippen LogP contribution is -2.36. The maximum Gasteiger partial charge on any atom is 0.137 e. The van der Waals surface area contributed by atoms with E-state index in [1.54, 1.807) is 0 Å². The number of hydrogen-bond acceptors (Lipinski definition) is 1. The first-order valence-corrected chi connectivity index (χ1v) is 6.63. The van der Waals surface area contributed by atoms with Crippen LogP contribution in [0.1, 0.15) is 31.7 Å². The zero-order valence-electron chi connectivity index (χ0n) is 9.47. The van der Waals surface area contributed by atoms with Gasteiger partial charge in [-0.05, 0) is 59.3 Å². The Hall–Kier alpha value is -0.410. The Morgan fingerprint density at radius 2 is 2.25 bits per heavy atom. The van der Waals surface area contributed by atoms with Crippen molar-refractivity contribution in [3.8, 4) is 0 Å². The fourth-order valence-corrected chi connectivity index (χ4v) is 2.46. The van der Waals surface area contributed by atoms with Gasteiger partial charge in [-0.2, -0.15) is 0 Å². The van der Waals surface area contributed by atoms with Crippen LogP contribution in [0, 0.1) is 11.7 Å². The van der Waals surface area contributed by atoms with E-state index in [0.29, 0.717) is 10.5 Å². The number of benzene rings is 1. The first kappa shape index (κ1) is 12.1. The molecule has 1 atom stereocenters. The molecule has 88 valence electrons. The number of halogens is 2. The molecule has 0 amide bonds. The Bertz CT molecular complexity index is 363. The van der Waals surface area contributed by atoms with Crippen molar-refractivity contribution in [1.82, 2.24) is 5.32 Å². The van der Waals surface area contributed by atoms with Gasteiger partial charge in [0.1, 0.15) is 5.82 Å². The molecule has 0 aliphatic heterocycles. The van der Waals surface area contributed by atoms with Crippen LogP contribution in [0.4, 0.5) is 4.39 Å². The topological polar surface area (TPSA) is 12.0 Å². The average Bonchev–Trinajstić information content (AvgIpc) is 2.17. The minimum Gasteiger partial charge on any atom is -0.310 e. The van der Waals surface area contributed by atoms with Gasteiger partial charge < -0.3 is 5.32 Å². The van der Waals surface area contributed by atoms with E-state index in [4.69, 9.17) is 0 Å². The second-order valence-electron chi connectivity index (χ2n) is 4.61. The second-order valence-corrected chi connectivity index (χ2v) is 5.46. The van der Waals surface area contributed by atoms with E-state index in [0.717, 1.165) is 18.0 Å². The Morgan fingerprint density at radius 1 is 1.50 bits per heavy atom. The molecule has 1 unspecified atom stereocenters. The van der Waals surface area contributed by atoms with Crippen molar-refractivity contribution in [1.29, 1.82) is 0 Å². The van der Waals surface area contributed by atoms with Gasteiger partial charge in [-0.3, -0.25) is 0 Å². The lowest BCUT2D eigenvalue weighted by molar-refractivity contribution is 0.240. The molecule has 1 N–H and O–H groups in total. The third-order valence-electron chi connectivity index (χ3n) is 3.47. The van der Waals surface area contributed by atoms with Gasteiger partial charge in [0.15, 0.2) is 0 Å². The fourth-order valence-electron chi connectivity index (χ4n) is 2.03. The lowest BCUT2D eigenvalue weighted by Gasteiger charge is -2.32. The molecule has 1 aromatic carbocycles. The quantitative estimate of drug-likeness (QED) is 0.886. The van der Waals surface area contributed by atoms with Crippen LogP contribution in [0.3, 0.4) is 0 Å². The van der Waals surface area contributed by atoms with E-state index in [2.05, 4.69) is 28.2 Å². The van der Waals surface area contributed by atoms with Crippen LogP contribution in [-0.4, -0.2) is 6.04 Å². The number of hydrogen-bond donors (Lipinski definition) is 1. The van der Waals surface area contributed by atoms with Crippen LogP contribution in [-0.2, 0) is 6.54 Å². The van der Waals surface area contributed by atoms with Gasteiger partial charge in [-0.1, -0.05) is 12.5 Å². The molecule has 0 bridgehead atoms. The molecule has 0 saturated heterocycles. The largest absolute Gasteiger partial charge is 0.310 e. The Balaban J connectivity index is 1.86. The molecule has 1 saturated carbocycles. The monoisotopic (exact) mass is 285 g/mol. The first-order chi connectivity index (χ1) is 7.66. The Kier molecular flexibility index (Phi) is 3.98. The van der Waals surface area contributed by atoms with Gasteiger partial charge in [-0.25, -0.2) is 4.39 Å². The van der Waals surface area contributed by atoms with Crippen molar-refractivity contribution in [3.63, 3.8) is 0 Å². The van der Waals surface area contributed by atoms with Crippen molar-refractivity contribution < 1.29 is 4.39 Å². The van der Waals surface area contributed by atoms with Gasteiger partial charge in [0.05, 0.1) is 4.47 Å². The smallest absolute Gasteiger partial charge is 0.137 e. The second kappa shape index (κ2) is 5.28. The van der Waals surface area contributed by atoms with Gasteiger partial charge in [0, 0.05) is 12.6 Å². The third-order valence-corrected chi connectivity index (χ3v) is 4.08. The molecule has 2 rings (SSSR count). The van der Waals surface area contributed by atoms with Crippen LogP contribution in [0.5, 0.6) is 0 Å². The maximum absolute atomic E-state index is 13.0.